The fourth-order valence-electron chi connectivity index (χ4n) is 2.70. The SMILES string of the molecule is CCN(c1ccc(NC(=O)Cc2c(C)noc2C)cc1)C(C)C. The smallest absolute Gasteiger partial charge is 0.228 e. The molecule has 0 saturated carbocycles. The molecule has 23 heavy (non-hydrogen) atoms. The summed E-state index contributed by atoms with van der Waals surface area (Å²) >= 11 is 0. The molecule has 0 spiro atoms. The van der Waals surface area contributed by atoms with E-state index in [2.05, 4.69) is 36.1 Å². The molecule has 2 aromatic rings. The average molecular weight is 315 g/mol. The van der Waals surface area contributed by atoms with Crippen molar-refractivity contribution >= 4 is 17.3 Å². The van der Waals surface area contributed by atoms with Gasteiger partial charge in [0.25, 0.3) is 0 Å². The lowest BCUT2D eigenvalue weighted by molar-refractivity contribution is -0.115. The Morgan fingerprint density at radius 1 is 1.26 bits per heavy atom. The van der Waals surface area contributed by atoms with E-state index < -0.39 is 0 Å². The third-order valence-corrected chi connectivity index (χ3v) is 3.97. The number of amides is 1. The molecule has 0 saturated heterocycles. The van der Waals surface area contributed by atoms with E-state index in [0.717, 1.165) is 29.2 Å². The molecule has 5 heteroatoms. The first kappa shape index (κ1) is 17.1. The molecule has 2 rings (SSSR count). The fourth-order valence-corrected chi connectivity index (χ4v) is 2.70. The summed E-state index contributed by atoms with van der Waals surface area (Å²) in [6.45, 7) is 11.1. The number of anilines is 2. The Morgan fingerprint density at radius 3 is 2.39 bits per heavy atom. The molecular formula is C18H25N3O2. The highest BCUT2D eigenvalue weighted by Crippen LogP contribution is 2.20. The monoisotopic (exact) mass is 315 g/mol. The quantitative estimate of drug-likeness (QED) is 0.883. The first-order chi connectivity index (χ1) is 10.9. The maximum Gasteiger partial charge on any atom is 0.228 e. The number of aryl methyl sites for hydroxylation is 2. The van der Waals surface area contributed by atoms with Crippen molar-refractivity contribution in [3.63, 3.8) is 0 Å². The second-order valence-electron chi connectivity index (χ2n) is 5.95. The molecular weight excluding hydrogens is 290 g/mol. The van der Waals surface area contributed by atoms with Gasteiger partial charge in [-0.2, -0.15) is 0 Å². The van der Waals surface area contributed by atoms with Crippen molar-refractivity contribution in [2.24, 2.45) is 0 Å². The first-order valence-electron chi connectivity index (χ1n) is 8.00. The molecule has 0 fully saturated rings. The second kappa shape index (κ2) is 7.31. The zero-order chi connectivity index (χ0) is 17.0. The van der Waals surface area contributed by atoms with Crippen molar-refractivity contribution in [2.75, 3.05) is 16.8 Å². The molecule has 0 aliphatic rings. The van der Waals surface area contributed by atoms with Crippen LogP contribution in [0.1, 0.15) is 37.8 Å². The van der Waals surface area contributed by atoms with Gasteiger partial charge in [-0.25, -0.2) is 0 Å². The minimum Gasteiger partial charge on any atom is -0.369 e. The molecule has 1 N–H and O–H groups in total. The summed E-state index contributed by atoms with van der Waals surface area (Å²) in [7, 11) is 0. The predicted molar refractivity (Wildman–Crippen MR) is 92.9 cm³/mol. The number of carbonyl (C=O) groups is 1. The average Bonchev–Trinajstić information content (AvgIpc) is 2.81. The topological polar surface area (TPSA) is 58.4 Å². The minimum absolute atomic E-state index is 0.0663. The van der Waals surface area contributed by atoms with Crippen molar-refractivity contribution in [3.05, 3.63) is 41.3 Å². The van der Waals surface area contributed by atoms with E-state index in [0.29, 0.717) is 11.8 Å². The predicted octanol–water partition coefficient (Wildman–Crippen LogP) is 3.71. The van der Waals surface area contributed by atoms with Gasteiger partial charge >= 0.3 is 0 Å². The number of nitrogens with zero attached hydrogens (tertiary/aromatic N) is 2. The van der Waals surface area contributed by atoms with E-state index in [4.69, 9.17) is 4.52 Å². The third-order valence-electron chi connectivity index (χ3n) is 3.97. The van der Waals surface area contributed by atoms with Crippen LogP contribution in [0.4, 0.5) is 11.4 Å². The molecule has 1 aromatic heterocycles. The van der Waals surface area contributed by atoms with Gasteiger partial charge in [-0.15, -0.1) is 0 Å². The molecule has 0 atom stereocenters. The number of rotatable bonds is 6. The second-order valence-corrected chi connectivity index (χ2v) is 5.95. The highest BCUT2D eigenvalue weighted by molar-refractivity contribution is 5.92. The summed E-state index contributed by atoms with van der Waals surface area (Å²) in [5.41, 5.74) is 3.58. The lowest BCUT2D eigenvalue weighted by Crippen LogP contribution is -2.30. The number of nitrogens with one attached hydrogen (secondary N) is 1. The van der Waals surface area contributed by atoms with E-state index in [1.165, 1.54) is 0 Å². The summed E-state index contributed by atoms with van der Waals surface area (Å²) in [6, 6.07) is 8.39. The fraction of sp³-hybridized carbons (Fsp3) is 0.444. The van der Waals surface area contributed by atoms with Crippen molar-refractivity contribution in [1.29, 1.82) is 0 Å². The molecule has 0 bridgehead atoms. The Labute approximate surface area is 137 Å². The molecule has 1 aromatic carbocycles. The molecule has 0 aliphatic carbocycles. The Kier molecular flexibility index (Phi) is 5.42. The van der Waals surface area contributed by atoms with Gasteiger partial charge in [-0.3, -0.25) is 4.79 Å². The Morgan fingerprint density at radius 2 is 1.91 bits per heavy atom. The highest BCUT2D eigenvalue weighted by Gasteiger charge is 2.14. The number of benzene rings is 1. The number of carbonyl (C=O) groups excluding carboxylic acids is 1. The summed E-state index contributed by atoms with van der Waals surface area (Å²) < 4.78 is 5.09. The van der Waals surface area contributed by atoms with Crippen LogP contribution >= 0.6 is 0 Å². The van der Waals surface area contributed by atoms with Crippen LogP contribution in [0.15, 0.2) is 28.8 Å². The molecule has 0 unspecified atom stereocenters. The highest BCUT2D eigenvalue weighted by atomic mass is 16.5. The standard InChI is InChI=1S/C18H25N3O2/c1-6-21(12(2)3)16-9-7-15(8-10-16)19-18(22)11-17-13(4)20-23-14(17)5/h7-10,12H,6,11H2,1-5H3,(H,19,22). The normalized spacial score (nSPS) is 10.9. The first-order valence-corrected chi connectivity index (χ1v) is 8.00. The van der Waals surface area contributed by atoms with E-state index in [1.807, 2.05) is 38.1 Å². The molecule has 1 heterocycles. The van der Waals surface area contributed by atoms with E-state index in [9.17, 15) is 4.79 Å². The van der Waals surface area contributed by atoms with E-state index in [-0.39, 0.29) is 12.3 Å². The molecule has 0 radical (unpaired) electrons. The van der Waals surface area contributed by atoms with E-state index in [1.54, 1.807) is 0 Å². The molecule has 1 amide bonds. The maximum absolute atomic E-state index is 12.2. The molecule has 0 aliphatic heterocycles. The Balaban J connectivity index is 2.02. The number of aromatic nitrogens is 1. The summed E-state index contributed by atoms with van der Waals surface area (Å²) in [6.07, 6.45) is 0.274. The number of hydrogen-bond donors (Lipinski definition) is 1. The van der Waals surface area contributed by atoms with Crippen LogP contribution in [-0.2, 0) is 11.2 Å². The minimum atomic E-state index is -0.0663. The molecule has 124 valence electrons. The van der Waals surface area contributed by atoms with Crippen LogP contribution in [0.3, 0.4) is 0 Å². The van der Waals surface area contributed by atoms with Gasteiger partial charge in [0.1, 0.15) is 5.76 Å². The van der Waals surface area contributed by atoms with Gasteiger partial charge in [-0.05, 0) is 58.9 Å². The van der Waals surface area contributed by atoms with Crippen molar-refractivity contribution in [3.8, 4) is 0 Å². The van der Waals surface area contributed by atoms with Gasteiger partial charge in [0, 0.05) is 29.5 Å². The van der Waals surface area contributed by atoms with E-state index >= 15 is 0 Å². The molecule has 5 nitrogen and oxygen atoms in total. The van der Waals surface area contributed by atoms with Gasteiger partial charge in [0.2, 0.25) is 5.91 Å². The Bertz CT molecular complexity index is 640. The van der Waals surface area contributed by atoms with Crippen LogP contribution in [0.25, 0.3) is 0 Å². The van der Waals surface area contributed by atoms with Crippen LogP contribution in [0, 0.1) is 13.8 Å². The largest absolute Gasteiger partial charge is 0.369 e. The summed E-state index contributed by atoms with van der Waals surface area (Å²) in [5.74, 6) is 0.631. The van der Waals surface area contributed by atoms with Crippen LogP contribution < -0.4 is 10.2 Å². The summed E-state index contributed by atoms with van der Waals surface area (Å²) in [4.78, 5) is 14.5. The van der Waals surface area contributed by atoms with Crippen molar-refractivity contribution < 1.29 is 9.32 Å². The van der Waals surface area contributed by atoms with Gasteiger partial charge < -0.3 is 14.7 Å². The Hall–Kier alpha value is -2.30. The van der Waals surface area contributed by atoms with Gasteiger partial charge in [0.05, 0.1) is 12.1 Å². The van der Waals surface area contributed by atoms with Gasteiger partial charge in [0.15, 0.2) is 0 Å². The van der Waals surface area contributed by atoms with Crippen molar-refractivity contribution in [1.82, 2.24) is 5.16 Å². The van der Waals surface area contributed by atoms with Gasteiger partial charge in [-0.1, -0.05) is 5.16 Å². The van der Waals surface area contributed by atoms with Crippen molar-refractivity contribution in [2.45, 2.75) is 47.1 Å². The summed E-state index contributed by atoms with van der Waals surface area (Å²) in [5, 5.41) is 6.79. The lowest BCUT2D eigenvalue weighted by Gasteiger charge is -2.27. The third kappa shape index (κ3) is 4.12. The number of hydrogen-bond acceptors (Lipinski definition) is 4. The van der Waals surface area contributed by atoms with Crippen LogP contribution in [0.2, 0.25) is 0 Å². The zero-order valence-electron chi connectivity index (χ0n) is 14.5. The van der Waals surface area contributed by atoms with Crippen LogP contribution in [0.5, 0.6) is 0 Å². The van der Waals surface area contributed by atoms with Crippen LogP contribution in [-0.4, -0.2) is 23.7 Å². The lowest BCUT2D eigenvalue weighted by atomic mass is 10.1. The maximum atomic E-state index is 12.2. The zero-order valence-corrected chi connectivity index (χ0v) is 14.5.